The van der Waals surface area contributed by atoms with Gasteiger partial charge in [-0.15, -0.1) is 11.8 Å². The molecule has 0 atom stereocenters. The first-order chi connectivity index (χ1) is 8.78. The highest BCUT2D eigenvalue weighted by atomic mass is 32.2. The van der Waals surface area contributed by atoms with E-state index in [0.29, 0.717) is 18.1 Å². The smallest absolute Gasteiger partial charge is 0.251 e. The summed E-state index contributed by atoms with van der Waals surface area (Å²) in [6.45, 7) is 0.604. The van der Waals surface area contributed by atoms with E-state index in [2.05, 4.69) is 15.3 Å². The summed E-state index contributed by atoms with van der Waals surface area (Å²) in [6, 6.07) is 11.6. The summed E-state index contributed by atoms with van der Waals surface area (Å²) in [7, 11) is 1.83. The molecule has 1 aromatic carbocycles. The topological polar surface area (TPSA) is 57.8 Å². The summed E-state index contributed by atoms with van der Waals surface area (Å²) in [4.78, 5) is 19.8. The van der Waals surface area contributed by atoms with Gasteiger partial charge in [0.1, 0.15) is 5.82 Å². The molecule has 0 amide bonds. The molecule has 0 aliphatic rings. The minimum atomic E-state index is -0.0982. The molecule has 0 saturated heterocycles. The van der Waals surface area contributed by atoms with Crippen molar-refractivity contribution in [3.8, 4) is 0 Å². The SMILES string of the molecule is CNCc1cc(=O)[nH]c(CSc2ccccc2)n1. The van der Waals surface area contributed by atoms with Crippen molar-refractivity contribution in [1.82, 2.24) is 15.3 Å². The maximum atomic E-state index is 11.5. The number of thioether (sulfide) groups is 1. The van der Waals surface area contributed by atoms with Crippen molar-refractivity contribution in [2.45, 2.75) is 17.2 Å². The quantitative estimate of drug-likeness (QED) is 0.806. The molecule has 18 heavy (non-hydrogen) atoms. The Balaban J connectivity index is 2.07. The molecule has 0 bridgehead atoms. The summed E-state index contributed by atoms with van der Waals surface area (Å²) in [5.74, 6) is 1.37. The van der Waals surface area contributed by atoms with Crippen molar-refractivity contribution < 1.29 is 0 Å². The van der Waals surface area contributed by atoms with Crippen molar-refractivity contribution in [2.24, 2.45) is 0 Å². The van der Waals surface area contributed by atoms with E-state index >= 15 is 0 Å². The van der Waals surface area contributed by atoms with Crippen molar-refractivity contribution in [2.75, 3.05) is 7.05 Å². The Labute approximate surface area is 110 Å². The molecule has 1 heterocycles. The largest absolute Gasteiger partial charge is 0.314 e. The van der Waals surface area contributed by atoms with Crippen molar-refractivity contribution in [3.63, 3.8) is 0 Å². The molecule has 94 valence electrons. The van der Waals surface area contributed by atoms with E-state index in [4.69, 9.17) is 0 Å². The Morgan fingerprint density at radius 1 is 1.33 bits per heavy atom. The number of aromatic amines is 1. The molecule has 0 spiro atoms. The van der Waals surface area contributed by atoms with Gasteiger partial charge in [0, 0.05) is 17.5 Å². The van der Waals surface area contributed by atoms with E-state index in [1.54, 1.807) is 11.8 Å². The molecule has 0 radical (unpaired) electrons. The van der Waals surface area contributed by atoms with Crippen LogP contribution in [0.2, 0.25) is 0 Å². The Kier molecular flexibility index (Phi) is 4.55. The van der Waals surface area contributed by atoms with Gasteiger partial charge in [0.2, 0.25) is 0 Å². The lowest BCUT2D eigenvalue weighted by Gasteiger charge is -2.04. The van der Waals surface area contributed by atoms with Gasteiger partial charge in [-0.3, -0.25) is 4.79 Å². The summed E-state index contributed by atoms with van der Waals surface area (Å²) in [6.07, 6.45) is 0. The molecule has 1 aromatic heterocycles. The average Bonchev–Trinajstić information content (AvgIpc) is 2.37. The molecule has 0 fully saturated rings. The fourth-order valence-corrected chi connectivity index (χ4v) is 2.36. The lowest BCUT2D eigenvalue weighted by Crippen LogP contribution is -2.16. The number of nitrogens with zero attached hydrogens (tertiary/aromatic N) is 1. The first kappa shape index (κ1) is 12.9. The average molecular weight is 261 g/mol. The van der Waals surface area contributed by atoms with Crippen LogP contribution in [0.25, 0.3) is 0 Å². The minimum absolute atomic E-state index is 0.0982. The Bertz CT molecular complexity index is 554. The van der Waals surface area contributed by atoms with Crippen molar-refractivity contribution >= 4 is 11.8 Å². The Hall–Kier alpha value is -1.59. The monoisotopic (exact) mass is 261 g/mol. The van der Waals surface area contributed by atoms with Crippen molar-refractivity contribution in [1.29, 1.82) is 0 Å². The van der Waals surface area contributed by atoms with E-state index < -0.39 is 0 Å². The van der Waals surface area contributed by atoms with Crippen LogP contribution in [-0.2, 0) is 12.3 Å². The van der Waals surface area contributed by atoms with Crippen LogP contribution in [0, 0.1) is 0 Å². The molecular formula is C13H15N3OS. The second-order valence-corrected chi connectivity index (χ2v) is 4.86. The second kappa shape index (κ2) is 6.37. The standard InChI is InChI=1S/C13H15N3OS/c1-14-8-10-7-13(17)16-12(15-10)9-18-11-5-3-2-4-6-11/h2-7,14H,8-9H2,1H3,(H,15,16,17). The number of hydrogen-bond acceptors (Lipinski definition) is 4. The van der Waals surface area contributed by atoms with Crippen LogP contribution in [0.15, 0.2) is 46.1 Å². The molecule has 2 N–H and O–H groups in total. The van der Waals surface area contributed by atoms with Crippen LogP contribution in [-0.4, -0.2) is 17.0 Å². The summed E-state index contributed by atoms with van der Waals surface area (Å²) in [5, 5.41) is 2.99. The lowest BCUT2D eigenvalue weighted by atomic mass is 10.4. The van der Waals surface area contributed by atoms with Gasteiger partial charge in [0.25, 0.3) is 5.56 Å². The van der Waals surface area contributed by atoms with E-state index in [0.717, 1.165) is 5.69 Å². The maximum Gasteiger partial charge on any atom is 0.251 e. The van der Waals surface area contributed by atoms with Gasteiger partial charge in [0.05, 0.1) is 11.4 Å². The number of aromatic nitrogens is 2. The van der Waals surface area contributed by atoms with Crippen LogP contribution < -0.4 is 10.9 Å². The van der Waals surface area contributed by atoms with Gasteiger partial charge < -0.3 is 10.3 Å². The Morgan fingerprint density at radius 3 is 2.83 bits per heavy atom. The summed E-state index contributed by atoms with van der Waals surface area (Å²) in [5.41, 5.74) is 0.670. The fraction of sp³-hybridized carbons (Fsp3) is 0.231. The first-order valence-electron chi connectivity index (χ1n) is 5.69. The molecular weight excluding hydrogens is 246 g/mol. The zero-order valence-corrected chi connectivity index (χ0v) is 11.0. The van der Waals surface area contributed by atoms with E-state index in [-0.39, 0.29) is 5.56 Å². The zero-order valence-electron chi connectivity index (χ0n) is 10.1. The molecule has 2 aromatic rings. The van der Waals surface area contributed by atoms with E-state index in [9.17, 15) is 4.79 Å². The Morgan fingerprint density at radius 2 is 2.11 bits per heavy atom. The second-order valence-electron chi connectivity index (χ2n) is 3.82. The number of nitrogens with one attached hydrogen (secondary N) is 2. The number of hydrogen-bond donors (Lipinski definition) is 2. The number of H-pyrrole nitrogens is 1. The highest BCUT2D eigenvalue weighted by molar-refractivity contribution is 7.98. The fourth-order valence-electron chi connectivity index (χ4n) is 1.57. The predicted molar refractivity (Wildman–Crippen MR) is 73.6 cm³/mol. The van der Waals surface area contributed by atoms with Gasteiger partial charge >= 0.3 is 0 Å². The van der Waals surface area contributed by atoms with E-state index in [1.165, 1.54) is 11.0 Å². The summed E-state index contributed by atoms with van der Waals surface area (Å²) < 4.78 is 0. The molecule has 0 aliphatic heterocycles. The van der Waals surface area contributed by atoms with Crippen LogP contribution in [0.4, 0.5) is 0 Å². The first-order valence-corrected chi connectivity index (χ1v) is 6.68. The highest BCUT2D eigenvalue weighted by Gasteiger charge is 2.02. The van der Waals surface area contributed by atoms with Crippen LogP contribution in [0.5, 0.6) is 0 Å². The number of benzene rings is 1. The number of rotatable bonds is 5. The minimum Gasteiger partial charge on any atom is -0.314 e. The van der Waals surface area contributed by atoms with Crippen LogP contribution >= 0.6 is 11.8 Å². The molecule has 0 aliphatic carbocycles. The normalized spacial score (nSPS) is 10.5. The van der Waals surface area contributed by atoms with Gasteiger partial charge in [-0.1, -0.05) is 18.2 Å². The predicted octanol–water partition coefficient (Wildman–Crippen LogP) is 1.78. The van der Waals surface area contributed by atoms with Gasteiger partial charge in [-0.25, -0.2) is 4.98 Å². The molecule has 5 heteroatoms. The third kappa shape index (κ3) is 3.72. The molecule has 2 rings (SSSR count). The highest BCUT2D eigenvalue weighted by Crippen LogP contribution is 2.20. The van der Waals surface area contributed by atoms with Gasteiger partial charge in [-0.05, 0) is 19.2 Å². The molecule has 0 saturated carbocycles. The molecule has 4 nitrogen and oxygen atoms in total. The van der Waals surface area contributed by atoms with Gasteiger partial charge in [-0.2, -0.15) is 0 Å². The zero-order chi connectivity index (χ0) is 12.8. The lowest BCUT2D eigenvalue weighted by molar-refractivity contribution is 0.773. The van der Waals surface area contributed by atoms with Crippen LogP contribution in [0.1, 0.15) is 11.5 Å². The third-order valence-corrected chi connectivity index (χ3v) is 3.34. The maximum absolute atomic E-state index is 11.5. The van der Waals surface area contributed by atoms with Crippen molar-refractivity contribution in [3.05, 3.63) is 58.3 Å². The van der Waals surface area contributed by atoms with Crippen LogP contribution in [0.3, 0.4) is 0 Å². The molecule has 0 unspecified atom stereocenters. The van der Waals surface area contributed by atoms with Gasteiger partial charge in [0.15, 0.2) is 0 Å². The third-order valence-electron chi connectivity index (χ3n) is 2.32. The summed E-state index contributed by atoms with van der Waals surface area (Å²) >= 11 is 1.66. The van der Waals surface area contributed by atoms with E-state index in [1.807, 2.05) is 37.4 Å².